The molecule has 0 aromatic heterocycles. The summed E-state index contributed by atoms with van der Waals surface area (Å²) in [7, 11) is 0. The Morgan fingerprint density at radius 2 is 1.23 bits per heavy atom. The smallest absolute Gasteiger partial charge is 0.0125 e. The maximum Gasteiger partial charge on any atom is 0.0125 e. The van der Waals surface area contributed by atoms with Crippen LogP contribution in [0.2, 0.25) is 0 Å². The van der Waals surface area contributed by atoms with Crippen LogP contribution < -0.4 is 0 Å². The Labute approximate surface area is 163 Å². The van der Waals surface area contributed by atoms with E-state index in [9.17, 15) is 0 Å². The van der Waals surface area contributed by atoms with Crippen LogP contribution in [0.5, 0.6) is 0 Å². The van der Waals surface area contributed by atoms with E-state index in [1.165, 1.54) is 84.3 Å². The Balaban J connectivity index is 1.42. The fourth-order valence-corrected chi connectivity index (χ4v) is 5.63. The van der Waals surface area contributed by atoms with Gasteiger partial charge in [-0.1, -0.05) is 20.8 Å². The van der Waals surface area contributed by atoms with Crippen molar-refractivity contribution in [2.45, 2.75) is 91.6 Å². The lowest BCUT2D eigenvalue weighted by Crippen LogP contribution is -2.54. The first-order chi connectivity index (χ1) is 12.1. The molecule has 0 aromatic carbocycles. The first-order valence-corrected chi connectivity index (χ1v) is 11.3. The SMILES string of the molecule is CC(C)(C)CN1CCC(N2CCC3(CC2)CCN(C(C)(C)C)CC3)CC1. The van der Waals surface area contributed by atoms with Crippen LogP contribution in [0.15, 0.2) is 0 Å². The molecule has 3 rings (SSSR count). The van der Waals surface area contributed by atoms with Gasteiger partial charge in [0.1, 0.15) is 0 Å². The molecule has 3 aliphatic rings. The average molecular weight is 364 g/mol. The quantitative estimate of drug-likeness (QED) is 0.716. The summed E-state index contributed by atoms with van der Waals surface area (Å²) >= 11 is 0. The lowest BCUT2D eigenvalue weighted by atomic mass is 9.70. The summed E-state index contributed by atoms with van der Waals surface area (Å²) < 4.78 is 0. The summed E-state index contributed by atoms with van der Waals surface area (Å²) in [6.45, 7) is 23.5. The van der Waals surface area contributed by atoms with E-state index in [-0.39, 0.29) is 0 Å². The van der Waals surface area contributed by atoms with Crippen molar-refractivity contribution in [2.24, 2.45) is 10.8 Å². The highest BCUT2D eigenvalue weighted by Crippen LogP contribution is 2.43. The van der Waals surface area contributed by atoms with Crippen LogP contribution >= 0.6 is 0 Å². The molecule has 1 spiro atoms. The lowest BCUT2D eigenvalue weighted by Gasteiger charge is -2.51. The maximum absolute atomic E-state index is 2.86. The molecule has 0 aliphatic carbocycles. The van der Waals surface area contributed by atoms with Gasteiger partial charge in [0, 0.05) is 18.1 Å². The van der Waals surface area contributed by atoms with Gasteiger partial charge in [0.2, 0.25) is 0 Å². The minimum atomic E-state index is 0.351. The van der Waals surface area contributed by atoms with Crippen LogP contribution in [0, 0.1) is 10.8 Å². The summed E-state index contributed by atoms with van der Waals surface area (Å²) in [5.74, 6) is 0. The predicted molar refractivity (Wildman–Crippen MR) is 113 cm³/mol. The van der Waals surface area contributed by atoms with E-state index < -0.39 is 0 Å². The molecule has 0 radical (unpaired) electrons. The predicted octanol–water partition coefficient (Wildman–Crippen LogP) is 4.47. The van der Waals surface area contributed by atoms with Crippen LogP contribution in [-0.4, -0.2) is 72.1 Å². The molecule has 0 N–H and O–H groups in total. The molecule has 0 aromatic rings. The van der Waals surface area contributed by atoms with Gasteiger partial charge in [-0.15, -0.1) is 0 Å². The zero-order valence-corrected chi connectivity index (χ0v) is 18.6. The van der Waals surface area contributed by atoms with E-state index in [1.807, 2.05) is 0 Å². The standard InChI is InChI=1S/C23H45N3/c1-21(2,3)19-24-13-7-20(8-14-24)25-15-9-23(10-16-25)11-17-26(18-12-23)22(4,5)6/h20H,7-19H2,1-6H3. The van der Waals surface area contributed by atoms with Gasteiger partial charge >= 0.3 is 0 Å². The lowest BCUT2D eigenvalue weighted by molar-refractivity contribution is -0.0142. The zero-order valence-electron chi connectivity index (χ0n) is 18.6. The fourth-order valence-electron chi connectivity index (χ4n) is 5.63. The largest absolute Gasteiger partial charge is 0.303 e. The third-order valence-corrected chi connectivity index (χ3v) is 7.40. The van der Waals surface area contributed by atoms with Crippen molar-refractivity contribution in [3.05, 3.63) is 0 Å². The number of rotatable bonds is 2. The summed E-state index contributed by atoms with van der Waals surface area (Å²) in [5, 5.41) is 0. The molecular formula is C23H45N3. The van der Waals surface area contributed by atoms with Gasteiger partial charge in [0.25, 0.3) is 0 Å². The summed E-state index contributed by atoms with van der Waals surface area (Å²) in [6.07, 6.45) is 8.55. The van der Waals surface area contributed by atoms with Crippen molar-refractivity contribution in [3.63, 3.8) is 0 Å². The molecule has 0 saturated carbocycles. The van der Waals surface area contributed by atoms with Crippen LogP contribution in [0.4, 0.5) is 0 Å². The highest BCUT2D eigenvalue weighted by atomic mass is 15.2. The third kappa shape index (κ3) is 5.23. The van der Waals surface area contributed by atoms with Gasteiger partial charge in [0.15, 0.2) is 0 Å². The van der Waals surface area contributed by atoms with Gasteiger partial charge < -0.3 is 9.80 Å². The normalized spacial score (nSPS) is 27.9. The zero-order chi connectivity index (χ0) is 19.0. The van der Waals surface area contributed by atoms with Crippen LogP contribution in [0.3, 0.4) is 0 Å². The van der Waals surface area contributed by atoms with Crippen LogP contribution in [-0.2, 0) is 0 Å². The van der Waals surface area contributed by atoms with Gasteiger partial charge in [-0.2, -0.15) is 0 Å². The molecule has 26 heavy (non-hydrogen) atoms. The first-order valence-electron chi connectivity index (χ1n) is 11.3. The Bertz CT molecular complexity index is 433. The van der Waals surface area contributed by atoms with Gasteiger partial charge in [-0.05, 0) is 109 Å². The molecular weight excluding hydrogens is 318 g/mol. The van der Waals surface area contributed by atoms with Crippen molar-refractivity contribution in [3.8, 4) is 0 Å². The average Bonchev–Trinajstić information content (AvgIpc) is 2.55. The number of hydrogen-bond donors (Lipinski definition) is 0. The number of piperidine rings is 3. The highest BCUT2D eigenvalue weighted by molar-refractivity contribution is 4.95. The second-order valence-electron chi connectivity index (χ2n) is 11.8. The topological polar surface area (TPSA) is 9.72 Å². The first kappa shape index (κ1) is 20.6. The number of likely N-dealkylation sites (tertiary alicyclic amines) is 3. The van der Waals surface area contributed by atoms with Gasteiger partial charge in [0.05, 0.1) is 0 Å². The second-order valence-corrected chi connectivity index (χ2v) is 11.8. The molecule has 0 amide bonds. The van der Waals surface area contributed by atoms with Crippen LogP contribution in [0.1, 0.15) is 80.1 Å². The molecule has 3 heterocycles. The Morgan fingerprint density at radius 1 is 0.731 bits per heavy atom. The molecule has 0 atom stereocenters. The Hall–Kier alpha value is -0.120. The van der Waals surface area contributed by atoms with Gasteiger partial charge in [-0.3, -0.25) is 4.90 Å². The Morgan fingerprint density at radius 3 is 1.69 bits per heavy atom. The van der Waals surface area contributed by atoms with E-state index in [0.29, 0.717) is 16.4 Å². The van der Waals surface area contributed by atoms with Crippen molar-refractivity contribution in [2.75, 3.05) is 45.8 Å². The van der Waals surface area contributed by atoms with Crippen LogP contribution in [0.25, 0.3) is 0 Å². The van der Waals surface area contributed by atoms with E-state index in [1.54, 1.807) is 0 Å². The highest BCUT2D eigenvalue weighted by Gasteiger charge is 2.40. The molecule has 3 aliphatic heterocycles. The van der Waals surface area contributed by atoms with Crippen molar-refractivity contribution >= 4 is 0 Å². The molecule has 3 nitrogen and oxygen atoms in total. The minimum Gasteiger partial charge on any atom is -0.303 e. The third-order valence-electron chi connectivity index (χ3n) is 7.40. The summed E-state index contributed by atoms with van der Waals surface area (Å²) in [6, 6.07) is 0.859. The van der Waals surface area contributed by atoms with Crippen molar-refractivity contribution < 1.29 is 0 Å². The molecule has 152 valence electrons. The number of nitrogens with zero attached hydrogens (tertiary/aromatic N) is 3. The van der Waals surface area contributed by atoms with E-state index in [4.69, 9.17) is 0 Å². The van der Waals surface area contributed by atoms with E-state index in [2.05, 4.69) is 56.2 Å². The maximum atomic E-state index is 2.86. The van der Waals surface area contributed by atoms with Crippen molar-refractivity contribution in [1.29, 1.82) is 0 Å². The molecule has 0 unspecified atom stereocenters. The summed E-state index contributed by atoms with van der Waals surface area (Å²) in [4.78, 5) is 8.26. The minimum absolute atomic E-state index is 0.351. The molecule has 3 heteroatoms. The Kier molecular flexibility index (Phi) is 6.12. The molecule has 0 bridgehead atoms. The summed E-state index contributed by atoms with van der Waals surface area (Å²) in [5.41, 5.74) is 1.46. The molecule has 3 fully saturated rings. The van der Waals surface area contributed by atoms with Crippen molar-refractivity contribution in [1.82, 2.24) is 14.7 Å². The monoisotopic (exact) mass is 363 g/mol. The molecule has 3 saturated heterocycles. The van der Waals surface area contributed by atoms with E-state index >= 15 is 0 Å². The van der Waals surface area contributed by atoms with E-state index in [0.717, 1.165) is 6.04 Å². The number of hydrogen-bond acceptors (Lipinski definition) is 3. The second kappa shape index (κ2) is 7.72. The van der Waals surface area contributed by atoms with Gasteiger partial charge in [-0.25, -0.2) is 0 Å². The fraction of sp³-hybridized carbons (Fsp3) is 1.00.